The Morgan fingerprint density at radius 1 is 1.44 bits per heavy atom. The number of halogens is 2. The van der Waals surface area contributed by atoms with E-state index in [1.165, 1.54) is 12.3 Å². The van der Waals surface area contributed by atoms with Gasteiger partial charge in [-0.1, -0.05) is 16.2 Å². The molecule has 0 aliphatic rings. The van der Waals surface area contributed by atoms with Crippen LogP contribution in [0.4, 0.5) is 8.78 Å². The molecule has 0 N–H and O–H groups in total. The van der Waals surface area contributed by atoms with E-state index in [1.807, 2.05) is 13.8 Å². The quantitative estimate of drug-likeness (QED) is 0.739. The fourth-order valence-corrected chi connectivity index (χ4v) is 1.91. The van der Waals surface area contributed by atoms with E-state index in [0.29, 0.717) is 5.65 Å². The van der Waals surface area contributed by atoms with Gasteiger partial charge in [-0.15, -0.1) is 0 Å². The lowest BCUT2D eigenvalue weighted by Gasteiger charge is -2.10. The predicted molar refractivity (Wildman–Crippen MR) is 62.9 cm³/mol. The minimum Gasteiger partial charge on any atom is -0.304 e. The smallest absolute Gasteiger partial charge is 0.285 e. The van der Waals surface area contributed by atoms with Crippen molar-refractivity contribution >= 4 is 14.9 Å². The summed E-state index contributed by atoms with van der Waals surface area (Å²) in [6, 6.07) is 3.04. The van der Waals surface area contributed by atoms with Crippen LogP contribution in [-0.2, 0) is 12.1 Å². The third-order valence-electron chi connectivity index (χ3n) is 2.68. The van der Waals surface area contributed by atoms with Crippen molar-refractivity contribution in [2.24, 2.45) is 0 Å². The Bertz CT molecular complexity index is 528. The maximum Gasteiger partial charge on any atom is 0.285 e. The number of fused-ring (bicyclic) bond motifs is 1. The van der Waals surface area contributed by atoms with Crippen molar-refractivity contribution in [1.29, 1.82) is 0 Å². The van der Waals surface area contributed by atoms with Crippen LogP contribution in [0.2, 0.25) is 0 Å². The molecule has 0 fully saturated rings. The van der Waals surface area contributed by atoms with Gasteiger partial charge in [0, 0.05) is 17.5 Å². The van der Waals surface area contributed by atoms with Gasteiger partial charge in [0.05, 0.1) is 5.69 Å². The Kier molecular flexibility index (Phi) is 2.70. The van der Waals surface area contributed by atoms with Crippen LogP contribution in [0.25, 0.3) is 5.65 Å². The predicted octanol–water partition coefficient (Wildman–Crippen LogP) is 3.13. The molecule has 0 aliphatic carbocycles. The zero-order valence-corrected chi connectivity index (χ0v) is 10.3. The number of hydrogen-bond donors (Lipinski definition) is 0. The highest BCUT2D eigenvalue weighted by atomic mass is 31.0. The Labute approximate surface area is 94.9 Å². The molecule has 0 spiro atoms. The summed E-state index contributed by atoms with van der Waals surface area (Å²) in [6.45, 7) is 3.89. The highest BCUT2D eigenvalue weighted by Crippen LogP contribution is 2.34. The molecule has 0 saturated carbocycles. The first-order valence-corrected chi connectivity index (χ1v) is 5.66. The zero-order chi connectivity index (χ0) is 11.9. The molecule has 2 aromatic rings. The third-order valence-corrected chi connectivity index (χ3v) is 3.01. The largest absolute Gasteiger partial charge is 0.304 e. The van der Waals surface area contributed by atoms with Gasteiger partial charge in [0.25, 0.3) is 5.66 Å². The molecule has 2 nitrogen and oxygen atoms in total. The van der Waals surface area contributed by atoms with Crippen LogP contribution in [0, 0.1) is 6.92 Å². The van der Waals surface area contributed by atoms with Crippen molar-refractivity contribution in [1.82, 2.24) is 9.38 Å². The van der Waals surface area contributed by atoms with E-state index in [2.05, 4.69) is 4.98 Å². The lowest BCUT2D eigenvalue weighted by atomic mass is 10.2. The monoisotopic (exact) mass is 242 g/mol. The molecule has 0 radical (unpaired) electrons. The summed E-state index contributed by atoms with van der Waals surface area (Å²) in [5.74, 6) is 0. The summed E-state index contributed by atoms with van der Waals surface area (Å²) in [5.41, 5.74) is -0.324. The molecule has 1 unspecified atom stereocenters. The van der Waals surface area contributed by atoms with Crippen LogP contribution in [0.1, 0.15) is 23.9 Å². The topological polar surface area (TPSA) is 17.3 Å². The first kappa shape index (κ1) is 11.5. The van der Waals surface area contributed by atoms with Gasteiger partial charge in [0.1, 0.15) is 5.65 Å². The average Bonchev–Trinajstić information content (AvgIpc) is 2.54. The van der Waals surface area contributed by atoms with Crippen molar-refractivity contribution in [3.05, 3.63) is 35.3 Å². The Morgan fingerprint density at radius 3 is 2.69 bits per heavy atom. The first-order valence-electron chi connectivity index (χ1n) is 5.08. The van der Waals surface area contributed by atoms with Crippen LogP contribution >= 0.6 is 9.24 Å². The second-order valence-corrected chi connectivity index (χ2v) is 4.49. The van der Waals surface area contributed by atoms with E-state index in [1.54, 1.807) is 19.7 Å². The molecular formula is C11H13F2N2P. The van der Waals surface area contributed by atoms with Gasteiger partial charge in [-0.2, -0.15) is 8.78 Å². The number of aryl methyl sites for hydroxylation is 2. The molecule has 0 saturated heterocycles. The number of aromatic nitrogens is 2. The van der Waals surface area contributed by atoms with E-state index >= 15 is 0 Å². The molecule has 0 aromatic carbocycles. The van der Waals surface area contributed by atoms with Gasteiger partial charge in [0.2, 0.25) is 0 Å². The van der Waals surface area contributed by atoms with E-state index < -0.39 is 5.66 Å². The van der Waals surface area contributed by atoms with Crippen molar-refractivity contribution in [2.75, 3.05) is 0 Å². The number of pyridine rings is 1. The Balaban J connectivity index is 2.66. The standard InChI is InChI=1S/C11H13F2N2P/c1-3-9-7(2)15-6-8(11(12,13)16)4-5-10(15)14-9/h4-6H,3,16H2,1-2H3. The van der Waals surface area contributed by atoms with Gasteiger partial charge in [-0.05, 0) is 25.5 Å². The summed E-state index contributed by atoms with van der Waals surface area (Å²) in [5, 5.41) is 0. The van der Waals surface area contributed by atoms with Crippen molar-refractivity contribution in [2.45, 2.75) is 25.9 Å². The highest BCUT2D eigenvalue weighted by molar-refractivity contribution is 7.17. The lowest BCUT2D eigenvalue weighted by molar-refractivity contribution is 0.103. The summed E-state index contributed by atoms with van der Waals surface area (Å²) >= 11 is 0. The number of rotatable bonds is 2. The Morgan fingerprint density at radius 2 is 2.12 bits per heavy atom. The fourth-order valence-electron chi connectivity index (χ4n) is 1.74. The second kappa shape index (κ2) is 3.77. The van der Waals surface area contributed by atoms with Crippen LogP contribution in [0.15, 0.2) is 18.3 Å². The van der Waals surface area contributed by atoms with Gasteiger partial charge in [0.15, 0.2) is 0 Å². The Hall–Kier alpha value is -1.02. The molecule has 2 rings (SSSR count). The van der Waals surface area contributed by atoms with Gasteiger partial charge >= 0.3 is 0 Å². The van der Waals surface area contributed by atoms with Crippen molar-refractivity contribution in [3.8, 4) is 0 Å². The molecule has 0 aliphatic heterocycles. The van der Waals surface area contributed by atoms with Crippen LogP contribution in [-0.4, -0.2) is 9.38 Å². The number of nitrogens with zero attached hydrogens (tertiary/aromatic N) is 2. The normalized spacial score (nSPS) is 12.3. The van der Waals surface area contributed by atoms with Gasteiger partial charge < -0.3 is 4.40 Å². The molecule has 2 aromatic heterocycles. The maximum atomic E-state index is 13.1. The summed E-state index contributed by atoms with van der Waals surface area (Å²) in [6.07, 6.45) is 2.25. The average molecular weight is 242 g/mol. The second-order valence-electron chi connectivity index (χ2n) is 3.77. The summed E-state index contributed by atoms with van der Waals surface area (Å²) in [4.78, 5) is 4.37. The number of imidazole rings is 1. The van der Waals surface area contributed by atoms with Crippen LogP contribution in [0.3, 0.4) is 0 Å². The molecular weight excluding hydrogens is 229 g/mol. The molecule has 1 atom stereocenters. The molecule has 2 heterocycles. The van der Waals surface area contributed by atoms with Crippen LogP contribution in [0.5, 0.6) is 0 Å². The van der Waals surface area contributed by atoms with E-state index in [4.69, 9.17) is 0 Å². The third kappa shape index (κ3) is 1.82. The highest BCUT2D eigenvalue weighted by Gasteiger charge is 2.25. The minimum absolute atomic E-state index is 0.0202. The lowest BCUT2D eigenvalue weighted by Crippen LogP contribution is -2.04. The molecule has 0 bridgehead atoms. The minimum atomic E-state index is -2.89. The molecule has 0 amide bonds. The van der Waals surface area contributed by atoms with E-state index in [9.17, 15) is 8.78 Å². The molecule has 86 valence electrons. The van der Waals surface area contributed by atoms with E-state index in [-0.39, 0.29) is 5.56 Å². The number of hydrogen-bond acceptors (Lipinski definition) is 1. The maximum absolute atomic E-state index is 13.1. The zero-order valence-electron chi connectivity index (χ0n) is 9.17. The molecule has 16 heavy (non-hydrogen) atoms. The van der Waals surface area contributed by atoms with Crippen LogP contribution < -0.4 is 0 Å². The van der Waals surface area contributed by atoms with Gasteiger partial charge in [-0.25, -0.2) is 4.98 Å². The summed E-state index contributed by atoms with van der Waals surface area (Å²) in [7, 11) is 1.55. The van der Waals surface area contributed by atoms with E-state index in [0.717, 1.165) is 17.8 Å². The fraction of sp³-hybridized carbons (Fsp3) is 0.364. The van der Waals surface area contributed by atoms with Crippen molar-refractivity contribution in [3.63, 3.8) is 0 Å². The SMILES string of the molecule is CCc1nc2ccc(C(F)(F)P)cn2c1C. The number of alkyl halides is 2. The first-order chi connectivity index (χ1) is 7.43. The van der Waals surface area contributed by atoms with Gasteiger partial charge in [-0.3, -0.25) is 0 Å². The molecule has 5 heteroatoms. The van der Waals surface area contributed by atoms with Crippen molar-refractivity contribution < 1.29 is 8.78 Å². The summed E-state index contributed by atoms with van der Waals surface area (Å²) < 4.78 is 28.0.